The van der Waals surface area contributed by atoms with Gasteiger partial charge < -0.3 is 9.47 Å². The smallest absolute Gasteiger partial charge is 0.387 e. The Morgan fingerprint density at radius 3 is 2.92 bits per heavy atom. The average Bonchev–Trinajstić information content (AvgIpc) is 3.24. The van der Waals surface area contributed by atoms with Gasteiger partial charge in [-0.1, -0.05) is 6.07 Å². The molecule has 6 nitrogen and oxygen atoms in total. The highest BCUT2D eigenvalue weighted by Crippen LogP contribution is 2.29. The molecule has 3 aromatic rings. The van der Waals surface area contributed by atoms with Crippen molar-refractivity contribution in [2.24, 2.45) is 5.10 Å². The average molecular weight is 396 g/mol. The molecule has 0 aliphatic rings. The van der Waals surface area contributed by atoms with Gasteiger partial charge in [0.25, 0.3) is 0 Å². The fraction of sp³-hybridized carbons (Fsp3) is 0.188. The van der Waals surface area contributed by atoms with Crippen LogP contribution in [-0.4, -0.2) is 34.3 Å². The maximum Gasteiger partial charge on any atom is 0.387 e. The Balaban J connectivity index is 1.91. The molecule has 136 valence electrons. The summed E-state index contributed by atoms with van der Waals surface area (Å²) in [5.41, 5.74) is 0.635. The van der Waals surface area contributed by atoms with Gasteiger partial charge in [-0.15, -0.1) is 11.3 Å². The maximum atomic E-state index is 12.5. The number of alkyl halides is 2. The fourth-order valence-corrected chi connectivity index (χ4v) is 3.03. The van der Waals surface area contributed by atoms with Crippen molar-refractivity contribution in [1.82, 2.24) is 14.9 Å². The number of thiophene rings is 1. The van der Waals surface area contributed by atoms with Gasteiger partial charge in [0.1, 0.15) is 0 Å². The number of H-pyrrole nitrogens is 1. The number of nitrogens with zero attached hydrogens (tertiary/aromatic N) is 3. The highest BCUT2D eigenvalue weighted by Gasteiger charge is 2.12. The lowest BCUT2D eigenvalue weighted by molar-refractivity contribution is -0.0514. The summed E-state index contributed by atoms with van der Waals surface area (Å²) in [6.07, 6.45) is 1.54. The Hall–Kier alpha value is -2.59. The van der Waals surface area contributed by atoms with Gasteiger partial charge >= 0.3 is 6.61 Å². The monoisotopic (exact) mass is 396 g/mol. The molecule has 0 spiro atoms. The van der Waals surface area contributed by atoms with Gasteiger partial charge in [-0.25, -0.2) is 5.10 Å². The molecule has 0 atom stereocenters. The second-order valence-corrected chi connectivity index (χ2v) is 6.24. The molecule has 0 saturated carbocycles. The van der Waals surface area contributed by atoms with Crippen molar-refractivity contribution in [2.75, 3.05) is 6.61 Å². The van der Waals surface area contributed by atoms with E-state index in [0.29, 0.717) is 22.8 Å². The molecule has 0 radical (unpaired) electrons. The fourth-order valence-electron chi connectivity index (χ4n) is 2.16. The third kappa shape index (κ3) is 4.14. The van der Waals surface area contributed by atoms with E-state index in [1.165, 1.54) is 28.3 Å². The predicted molar refractivity (Wildman–Crippen MR) is 98.0 cm³/mol. The SMILES string of the molecule is CCOc1cc(/C=N\n2c(-c3cccs3)n[nH]c2=S)ccc1OC(F)F. The highest BCUT2D eigenvalue weighted by atomic mass is 32.1. The summed E-state index contributed by atoms with van der Waals surface area (Å²) < 4.78 is 36.6. The molecule has 26 heavy (non-hydrogen) atoms. The van der Waals surface area contributed by atoms with Crippen molar-refractivity contribution in [2.45, 2.75) is 13.5 Å². The lowest BCUT2D eigenvalue weighted by atomic mass is 10.2. The van der Waals surface area contributed by atoms with E-state index < -0.39 is 6.61 Å². The zero-order valence-corrected chi connectivity index (χ0v) is 15.2. The van der Waals surface area contributed by atoms with Gasteiger partial charge in [0.2, 0.25) is 4.77 Å². The molecule has 0 amide bonds. The van der Waals surface area contributed by atoms with Crippen LogP contribution >= 0.6 is 23.6 Å². The first-order chi connectivity index (χ1) is 12.6. The molecule has 0 bridgehead atoms. The Morgan fingerprint density at radius 2 is 2.23 bits per heavy atom. The molecular formula is C16H14F2N4O2S2. The number of benzene rings is 1. The zero-order valence-electron chi connectivity index (χ0n) is 13.6. The number of nitrogens with one attached hydrogen (secondary N) is 1. The standard InChI is InChI=1S/C16H14F2N4O2S2/c1-2-23-12-8-10(5-6-11(12)24-15(17)18)9-19-22-14(20-21-16(22)25)13-4-3-7-26-13/h3-9,15H,2H2,1H3,(H,21,25)/b19-9-. The van der Waals surface area contributed by atoms with Crippen LogP contribution in [0.4, 0.5) is 8.78 Å². The molecule has 10 heteroatoms. The topological polar surface area (TPSA) is 64.4 Å². The first-order valence-electron chi connectivity index (χ1n) is 7.55. The summed E-state index contributed by atoms with van der Waals surface area (Å²) in [4.78, 5) is 0.908. The second kappa shape index (κ2) is 8.19. The van der Waals surface area contributed by atoms with Crippen LogP contribution in [0.1, 0.15) is 12.5 Å². The molecule has 1 aromatic carbocycles. The Bertz CT molecular complexity index is 952. The quantitative estimate of drug-likeness (QED) is 0.470. The van der Waals surface area contributed by atoms with Crippen molar-refractivity contribution in [1.29, 1.82) is 0 Å². The summed E-state index contributed by atoms with van der Waals surface area (Å²) >= 11 is 6.72. The van der Waals surface area contributed by atoms with Gasteiger partial charge in [0, 0.05) is 0 Å². The van der Waals surface area contributed by atoms with Crippen LogP contribution < -0.4 is 9.47 Å². The number of aromatic nitrogens is 3. The summed E-state index contributed by atoms with van der Waals surface area (Å²) in [6, 6.07) is 8.39. The molecule has 0 aliphatic carbocycles. The summed E-state index contributed by atoms with van der Waals surface area (Å²) in [5.74, 6) is 0.771. The summed E-state index contributed by atoms with van der Waals surface area (Å²) in [6.45, 7) is -0.855. The third-order valence-corrected chi connectivity index (χ3v) is 4.33. The third-order valence-electron chi connectivity index (χ3n) is 3.20. The lowest BCUT2D eigenvalue weighted by Crippen LogP contribution is -2.05. The van der Waals surface area contributed by atoms with E-state index in [4.69, 9.17) is 17.0 Å². The Kier molecular flexibility index (Phi) is 5.74. The minimum Gasteiger partial charge on any atom is -0.490 e. The van der Waals surface area contributed by atoms with Crippen LogP contribution in [0.15, 0.2) is 40.8 Å². The van der Waals surface area contributed by atoms with Crippen LogP contribution in [0, 0.1) is 4.77 Å². The number of aromatic amines is 1. The number of ether oxygens (including phenoxy) is 2. The summed E-state index contributed by atoms with van der Waals surface area (Å²) in [5, 5.41) is 13.2. The van der Waals surface area contributed by atoms with Crippen LogP contribution in [0.5, 0.6) is 11.5 Å². The normalized spacial score (nSPS) is 11.4. The molecule has 3 rings (SSSR count). The molecule has 2 aromatic heterocycles. The number of hydrogen-bond acceptors (Lipinski definition) is 6. The molecule has 2 heterocycles. The van der Waals surface area contributed by atoms with E-state index >= 15 is 0 Å². The van der Waals surface area contributed by atoms with Crippen LogP contribution in [0.25, 0.3) is 10.7 Å². The number of rotatable bonds is 7. The maximum absolute atomic E-state index is 12.5. The van der Waals surface area contributed by atoms with E-state index in [9.17, 15) is 8.78 Å². The van der Waals surface area contributed by atoms with Crippen molar-refractivity contribution >= 4 is 29.8 Å². The van der Waals surface area contributed by atoms with Crippen LogP contribution in [0.2, 0.25) is 0 Å². The lowest BCUT2D eigenvalue weighted by Gasteiger charge is -2.11. The van der Waals surface area contributed by atoms with E-state index in [-0.39, 0.29) is 11.5 Å². The van der Waals surface area contributed by atoms with Gasteiger partial charge in [-0.2, -0.15) is 23.7 Å². The number of halogens is 2. The molecule has 0 unspecified atom stereocenters. The Labute approximate surface area is 156 Å². The van der Waals surface area contributed by atoms with E-state index in [1.54, 1.807) is 19.1 Å². The predicted octanol–water partition coefficient (Wildman–Crippen LogP) is 4.55. The summed E-state index contributed by atoms with van der Waals surface area (Å²) in [7, 11) is 0. The van der Waals surface area contributed by atoms with E-state index in [1.807, 2.05) is 17.5 Å². The van der Waals surface area contributed by atoms with Crippen molar-refractivity contribution in [3.63, 3.8) is 0 Å². The molecular weight excluding hydrogens is 382 g/mol. The van der Waals surface area contributed by atoms with Crippen LogP contribution in [0.3, 0.4) is 0 Å². The van der Waals surface area contributed by atoms with E-state index in [0.717, 1.165) is 4.88 Å². The largest absolute Gasteiger partial charge is 0.490 e. The number of hydrogen-bond donors (Lipinski definition) is 1. The minimum atomic E-state index is -2.92. The molecule has 0 saturated heterocycles. The van der Waals surface area contributed by atoms with Crippen molar-refractivity contribution in [3.8, 4) is 22.2 Å². The first-order valence-corrected chi connectivity index (χ1v) is 8.84. The first kappa shape index (κ1) is 18.2. The molecule has 0 fully saturated rings. The van der Waals surface area contributed by atoms with Crippen molar-refractivity contribution < 1.29 is 18.3 Å². The molecule has 1 N–H and O–H groups in total. The minimum absolute atomic E-state index is 0.0294. The zero-order chi connectivity index (χ0) is 18.5. The van der Waals surface area contributed by atoms with Crippen molar-refractivity contribution in [3.05, 3.63) is 46.0 Å². The van der Waals surface area contributed by atoms with Gasteiger partial charge in [-0.3, -0.25) is 0 Å². The van der Waals surface area contributed by atoms with Crippen LogP contribution in [-0.2, 0) is 0 Å². The Morgan fingerprint density at radius 1 is 1.38 bits per heavy atom. The van der Waals surface area contributed by atoms with Gasteiger partial charge in [0.05, 0.1) is 17.7 Å². The second-order valence-electron chi connectivity index (χ2n) is 4.90. The van der Waals surface area contributed by atoms with E-state index in [2.05, 4.69) is 20.0 Å². The van der Waals surface area contributed by atoms with Gasteiger partial charge in [-0.05, 0) is 54.4 Å². The molecule has 0 aliphatic heterocycles. The highest BCUT2D eigenvalue weighted by molar-refractivity contribution is 7.71. The van der Waals surface area contributed by atoms with Gasteiger partial charge in [0.15, 0.2) is 17.3 Å².